The lowest BCUT2D eigenvalue weighted by Crippen LogP contribution is -2.31. The molecule has 1 amide bonds. The van der Waals surface area contributed by atoms with Gasteiger partial charge in [0, 0.05) is 42.9 Å². The van der Waals surface area contributed by atoms with E-state index >= 15 is 0 Å². The molecule has 0 unspecified atom stereocenters. The molecule has 30 heavy (non-hydrogen) atoms. The molecule has 2 heterocycles. The molecule has 0 aliphatic carbocycles. The number of halogens is 2. The summed E-state index contributed by atoms with van der Waals surface area (Å²) >= 11 is 0. The van der Waals surface area contributed by atoms with Crippen LogP contribution in [-0.4, -0.2) is 33.7 Å². The second kappa shape index (κ2) is 8.26. The van der Waals surface area contributed by atoms with Gasteiger partial charge in [0.25, 0.3) is 6.43 Å². The van der Waals surface area contributed by atoms with E-state index in [2.05, 4.69) is 5.10 Å². The van der Waals surface area contributed by atoms with Crippen molar-refractivity contribution < 1.29 is 18.3 Å². The van der Waals surface area contributed by atoms with E-state index in [1.54, 1.807) is 59.4 Å². The minimum atomic E-state index is -2.65. The zero-order valence-corrected chi connectivity index (χ0v) is 16.9. The average Bonchev–Trinajstić information content (AvgIpc) is 3.06. The highest BCUT2D eigenvalue weighted by atomic mass is 19.3. The van der Waals surface area contributed by atoms with Crippen molar-refractivity contribution in [2.24, 2.45) is 7.05 Å². The van der Waals surface area contributed by atoms with Gasteiger partial charge in [0.05, 0.1) is 12.7 Å². The predicted molar refractivity (Wildman–Crippen MR) is 110 cm³/mol. The van der Waals surface area contributed by atoms with Crippen LogP contribution in [0.5, 0.6) is 5.75 Å². The molecule has 5 nitrogen and oxygen atoms in total. The topological polar surface area (TPSA) is 47.4 Å². The van der Waals surface area contributed by atoms with Gasteiger partial charge in [-0.2, -0.15) is 5.10 Å². The number of alkyl halides is 2. The Labute approximate surface area is 173 Å². The van der Waals surface area contributed by atoms with Crippen LogP contribution in [0.2, 0.25) is 0 Å². The van der Waals surface area contributed by atoms with Crippen LogP contribution in [-0.2, 0) is 18.4 Å². The minimum Gasteiger partial charge on any atom is -0.491 e. The van der Waals surface area contributed by atoms with E-state index < -0.39 is 6.43 Å². The monoisotopic (exact) mass is 411 g/mol. The summed E-state index contributed by atoms with van der Waals surface area (Å²) in [5.74, 6) is 0.732. The van der Waals surface area contributed by atoms with E-state index in [4.69, 9.17) is 4.74 Å². The number of aryl methyl sites for hydroxylation is 1. The largest absolute Gasteiger partial charge is 0.491 e. The maximum absolute atomic E-state index is 14.2. The van der Waals surface area contributed by atoms with Gasteiger partial charge in [-0.1, -0.05) is 31.2 Å². The van der Waals surface area contributed by atoms with Gasteiger partial charge in [0.1, 0.15) is 12.4 Å². The van der Waals surface area contributed by atoms with Crippen LogP contribution in [0.15, 0.2) is 48.8 Å². The zero-order valence-electron chi connectivity index (χ0n) is 16.9. The summed E-state index contributed by atoms with van der Waals surface area (Å²) in [5.41, 5.74) is 3.04. The summed E-state index contributed by atoms with van der Waals surface area (Å²) in [6.07, 6.45) is 1.08. The molecule has 1 aromatic heterocycles. The van der Waals surface area contributed by atoms with Gasteiger partial charge < -0.3 is 9.64 Å². The standard InChI is InChI=1S/C23H23F2N3O2/c1-3-21(29)28-9-10-30-20-8-7-15(11-16(20)14-28)18-5-4-6-19(22(18)23(24)25)17-12-26-27(2)13-17/h4-8,11-13,23H,3,9-10,14H2,1-2H3. The van der Waals surface area contributed by atoms with E-state index in [-0.39, 0.29) is 11.5 Å². The summed E-state index contributed by atoms with van der Waals surface area (Å²) < 4.78 is 35.7. The second-order valence-corrected chi connectivity index (χ2v) is 7.31. The highest BCUT2D eigenvalue weighted by molar-refractivity contribution is 5.80. The Morgan fingerprint density at radius 2 is 1.97 bits per heavy atom. The van der Waals surface area contributed by atoms with Crippen LogP contribution in [0, 0.1) is 0 Å². The van der Waals surface area contributed by atoms with Gasteiger partial charge in [0.15, 0.2) is 0 Å². The molecule has 0 bridgehead atoms. The molecule has 0 spiro atoms. The Kier molecular flexibility index (Phi) is 5.53. The van der Waals surface area contributed by atoms with E-state index in [0.717, 1.165) is 5.56 Å². The number of carbonyl (C=O) groups excluding carboxylic acids is 1. The number of fused-ring (bicyclic) bond motifs is 1. The molecule has 1 aliphatic rings. The Morgan fingerprint density at radius 3 is 2.63 bits per heavy atom. The number of hydrogen-bond donors (Lipinski definition) is 0. The first-order chi connectivity index (χ1) is 14.5. The lowest BCUT2D eigenvalue weighted by Gasteiger charge is -2.19. The summed E-state index contributed by atoms with van der Waals surface area (Å²) in [6.45, 7) is 3.15. The number of rotatable bonds is 4. The first kappa shape index (κ1) is 20.1. The Morgan fingerprint density at radius 1 is 1.20 bits per heavy atom. The number of amides is 1. The molecule has 0 radical (unpaired) electrons. The van der Waals surface area contributed by atoms with E-state index in [1.165, 1.54) is 0 Å². The molecule has 0 saturated heterocycles. The number of hydrogen-bond acceptors (Lipinski definition) is 3. The highest BCUT2D eigenvalue weighted by Crippen LogP contribution is 2.40. The fourth-order valence-electron chi connectivity index (χ4n) is 3.86. The molecule has 0 saturated carbocycles. The van der Waals surface area contributed by atoms with Crippen molar-refractivity contribution in [1.82, 2.24) is 14.7 Å². The van der Waals surface area contributed by atoms with E-state index in [0.29, 0.717) is 54.1 Å². The first-order valence-corrected chi connectivity index (χ1v) is 9.92. The van der Waals surface area contributed by atoms with Gasteiger partial charge in [-0.3, -0.25) is 9.48 Å². The van der Waals surface area contributed by atoms with Crippen LogP contribution in [0.3, 0.4) is 0 Å². The zero-order chi connectivity index (χ0) is 21.3. The molecule has 4 rings (SSSR count). The molecule has 156 valence electrons. The quantitative estimate of drug-likeness (QED) is 0.618. The Bertz CT molecular complexity index is 1080. The molecule has 7 heteroatoms. The van der Waals surface area contributed by atoms with Crippen LogP contribution in [0.25, 0.3) is 22.3 Å². The fraction of sp³-hybridized carbons (Fsp3) is 0.304. The third kappa shape index (κ3) is 3.79. The third-order valence-electron chi connectivity index (χ3n) is 5.35. The third-order valence-corrected chi connectivity index (χ3v) is 5.35. The lowest BCUT2D eigenvalue weighted by atomic mass is 9.92. The number of ether oxygens (including phenoxy) is 1. The molecule has 0 atom stereocenters. The summed E-state index contributed by atoms with van der Waals surface area (Å²) in [4.78, 5) is 13.9. The van der Waals surface area contributed by atoms with Crippen molar-refractivity contribution in [3.05, 3.63) is 59.9 Å². The molecule has 0 N–H and O–H groups in total. The van der Waals surface area contributed by atoms with Crippen molar-refractivity contribution in [3.63, 3.8) is 0 Å². The van der Waals surface area contributed by atoms with Crippen molar-refractivity contribution in [2.45, 2.75) is 26.3 Å². The number of carbonyl (C=O) groups is 1. The van der Waals surface area contributed by atoms with Crippen molar-refractivity contribution >= 4 is 5.91 Å². The van der Waals surface area contributed by atoms with Crippen molar-refractivity contribution in [2.75, 3.05) is 13.2 Å². The van der Waals surface area contributed by atoms with Crippen LogP contribution < -0.4 is 4.74 Å². The molecular weight excluding hydrogens is 388 g/mol. The average molecular weight is 411 g/mol. The fourth-order valence-corrected chi connectivity index (χ4v) is 3.86. The van der Waals surface area contributed by atoms with Crippen LogP contribution in [0.1, 0.15) is 30.9 Å². The van der Waals surface area contributed by atoms with Crippen LogP contribution in [0.4, 0.5) is 8.78 Å². The van der Waals surface area contributed by atoms with E-state index in [9.17, 15) is 13.6 Å². The number of aromatic nitrogens is 2. The van der Waals surface area contributed by atoms with E-state index in [1.807, 2.05) is 13.0 Å². The predicted octanol–water partition coefficient (Wildman–Crippen LogP) is 4.82. The maximum Gasteiger partial charge on any atom is 0.265 e. The molecule has 2 aromatic carbocycles. The normalized spacial score (nSPS) is 13.7. The maximum atomic E-state index is 14.2. The van der Waals surface area contributed by atoms with Gasteiger partial charge in [-0.25, -0.2) is 8.78 Å². The minimum absolute atomic E-state index is 0.0264. The van der Waals surface area contributed by atoms with Gasteiger partial charge >= 0.3 is 0 Å². The number of nitrogens with zero attached hydrogens (tertiary/aromatic N) is 3. The van der Waals surface area contributed by atoms with Gasteiger partial charge in [0.2, 0.25) is 5.91 Å². The van der Waals surface area contributed by atoms with Crippen molar-refractivity contribution in [3.8, 4) is 28.0 Å². The summed E-state index contributed by atoms with van der Waals surface area (Å²) in [6, 6.07) is 10.6. The van der Waals surface area contributed by atoms with Gasteiger partial charge in [-0.15, -0.1) is 0 Å². The molecule has 3 aromatic rings. The SMILES string of the molecule is CCC(=O)N1CCOc2ccc(-c3cccc(-c4cnn(C)c4)c3C(F)F)cc2C1. The Hall–Kier alpha value is -3.22. The molecular formula is C23H23F2N3O2. The highest BCUT2D eigenvalue weighted by Gasteiger charge is 2.23. The lowest BCUT2D eigenvalue weighted by molar-refractivity contribution is -0.131. The first-order valence-electron chi connectivity index (χ1n) is 9.92. The van der Waals surface area contributed by atoms with Gasteiger partial charge in [-0.05, 0) is 28.8 Å². The Balaban J connectivity index is 1.80. The smallest absolute Gasteiger partial charge is 0.265 e. The molecule has 1 aliphatic heterocycles. The number of benzene rings is 2. The van der Waals surface area contributed by atoms with Crippen LogP contribution >= 0.6 is 0 Å². The summed E-state index contributed by atoms with van der Waals surface area (Å²) in [5, 5.41) is 4.11. The van der Waals surface area contributed by atoms with Crippen molar-refractivity contribution in [1.29, 1.82) is 0 Å². The second-order valence-electron chi connectivity index (χ2n) is 7.31. The molecule has 0 fully saturated rings. The summed E-state index contributed by atoms with van der Waals surface area (Å²) in [7, 11) is 1.76.